The second-order valence-corrected chi connectivity index (χ2v) is 10.7. The molecule has 2 N–H and O–H groups in total. The molecular formula is C31H32F6O5. The molecule has 11 heteroatoms. The van der Waals surface area contributed by atoms with Crippen molar-refractivity contribution in [1.29, 1.82) is 0 Å². The van der Waals surface area contributed by atoms with Gasteiger partial charge in [-0.1, -0.05) is 6.07 Å². The number of halogens is 6. The Morgan fingerprint density at radius 1 is 0.619 bits per heavy atom. The van der Waals surface area contributed by atoms with Crippen molar-refractivity contribution in [1.82, 2.24) is 0 Å². The molecule has 0 saturated carbocycles. The van der Waals surface area contributed by atoms with E-state index in [1.807, 2.05) is 13.8 Å². The molecule has 3 aromatic rings. The minimum Gasteiger partial charge on any atom is -0.505 e. The Balaban J connectivity index is 0.000000145. The minimum absolute atomic E-state index is 0.0243. The molecule has 3 atom stereocenters. The highest BCUT2D eigenvalue weighted by Gasteiger charge is 2.28. The highest BCUT2D eigenvalue weighted by molar-refractivity contribution is 5.50. The fourth-order valence-electron chi connectivity index (χ4n) is 4.94. The van der Waals surface area contributed by atoms with Gasteiger partial charge in [0, 0.05) is 16.7 Å². The van der Waals surface area contributed by atoms with E-state index in [1.54, 1.807) is 19.9 Å². The van der Waals surface area contributed by atoms with E-state index in [0.29, 0.717) is 29.5 Å². The van der Waals surface area contributed by atoms with Crippen molar-refractivity contribution in [3.63, 3.8) is 0 Å². The third kappa shape index (κ3) is 6.34. The first-order valence-electron chi connectivity index (χ1n) is 13.7. The zero-order valence-electron chi connectivity index (χ0n) is 23.6. The summed E-state index contributed by atoms with van der Waals surface area (Å²) in [6.45, 7) is 7.03. The summed E-state index contributed by atoms with van der Waals surface area (Å²) < 4.78 is 94.4. The zero-order chi connectivity index (χ0) is 30.9. The van der Waals surface area contributed by atoms with E-state index in [1.165, 1.54) is 6.07 Å². The molecule has 0 fully saturated rings. The minimum atomic E-state index is -1.24. The Morgan fingerprint density at radius 2 is 1.12 bits per heavy atom. The maximum Gasteiger partial charge on any atom is 0.204 e. The number of hydrogen-bond donors (Lipinski definition) is 2. The number of phenols is 2. The molecule has 0 saturated heterocycles. The van der Waals surface area contributed by atoms with Crippen LogP contribution in [0.15, 0.2) is 18.2 Å². The summed E-state index contributed by atoms with van der Waals surface area (Å²) in [5.41, 5.74) is 2.23. The van der Waals surface area contributed by atoms with Crippen molar-refractivity contribution in [3.05, 3.63) is 75.4 Å². The number of hydrogen-bond acceptors (Lipinski definition) is 5. The first kappa shape index (κ1) is 31.2. The molecule has 0 radical (unpaired) electrons. The standard InChI is InChI=1S/C11H12F2O2.C10H10F2O2.C10H10F2O/c1-5-3-4-7-6(2)10(14)8(12)9(13)11(7)15-5;1-5-2-3-6-4-7(13)8(11)9(12)10(6)14-5;1-6-2-3-7-4-5-8(11)9(12)10(7)13-6/h5,14H,3-4H2,1-2H3;4-5,13H,2-3H2,1H3;4-6H,2-3H2,1H3. The molecule has 0 aromatic heterocycles. The summed E-state index contributed by atoms with van der Waals surface area (Å²) in [4.78, 5) is 0. The Morgan fingerprint density at radius 3 is 1.74 bits per heavy atom. The highest BCUT2D eigenvalue weighted by atomic mass is 19.2. The quantitative estimate of drug-likeness (QED) is 0.259. The average molecular weight is 599 g/mol. The van der Waals surface area contributed by atoms with Gasteiger partial charge in [0.25, 0.3) is 0 Å². The molecule has 5 nitrogen and oxygen atoms in total. The first-order chi connectivity index (χ1) is 19.8. The van der Waals surface area contributed by atoms with Gasteiger partial charge < -0.3 is 24.4 Å². The summed E-state index contributed by atoms with van der Waals surface area (Å²) >= 11 is 0. The molecule has 0 aliphatic carbocycles. The van der Waals surface area contributed by atoms with Crippen LogP contribution in [0, 0.1) is 41.8 Å². The molecule has 3 aliphatic rings. The second kappa shape index (κ2) is 12.6. The van der Waals surface area contributed by atoms with Crippen LogP contribution in [0.1, 0.15) is 62.3 Å². The van der Waals surface area contributed by atoms with Crippen LogP contribution in [0.25, 0.3) is 0 Å². The summed E-state index contributed by atoms with van der Waals surface area (Å²) in [5.74, 6) is -7.59. The monoisotopic (exact) mass is 598 g/mol. The van der Waals surface area contributed by atoms with Crippen molar-refractivity contribution in [3.8, 4) is 28.7 Å². The molecule has 0 amide bonds. The molecule has 6 rings (SSSR count). The Kier molecular flexibility index (Phi) is 9.37. The van der Waals surface area contributed by atoms with Crippen LogP contribution < -0.4 is 14.2 Å². The van der Waals surface area contributed by atoms with Crippen LogP contribution in [0.2, 0.25) is 0 Å². The van der Waals surface area contributed by atoms with Gasteiger partial charge in [0.1, 0.15) is 0 Å². The third-order valence-corrected chi connectivity index (χ3v) is 7.43. The maximum atomic E-state index is 13.4. The smallest absolute Gasteiger partial charge is 0.204 e. The number of benzene rings is 3. The predicted molar refractivity (Wildman–Crippen MR) is 142 cm³/mol. The first-order valence-corrected chi connectivity index (χ1v) is 13.7. The van der Waals surface area contributed by atoms with E-state index < -0.39 is 46.4 Å². The lowest BCUT2D eigenvalue weighted by atomic mass is 9.97. The summed E-state index contributed by atoms with van der Waals surface area (Å²) in [7, 11) is 0. The summed E-state index contributed by atoms with van der Waals surface area (Å²) in [6, 6.07) is 3.95. The van der Waals surface area contributed by atoms with E-state index in [-0.39, 0.29) is 35.6 Å². The Hall–Kier alpha value is -3.76. The van der Waals surface area contributed by atoms with Gasteiger partial charge in [-0.05, 0) is 83.9 Å². The molecule has 3 aromatic carbocycles. The van der Waals surface area contributed by atoms with Gasteiger partial charge in [-0.3, -0.25) is 0 Å². The fraction of sp³-hybridized carbons (Fsp3) is 0.419. The van der Waals surface area contributed by atoms with Crippen LogP contribution in [-0.2, 0) is 19.3 Å². The van der Waals surface area contributed by atoms with Gasteiger partial charge in [-0.2, -0.15) is 22.0 Å². The lowest BCUT2D eigenvalue weighted by Crippen LogP contribution is -2.21. The normalized spacial score (nSPS) is 20.1. The molecule has 0 bridgehead atoms. The largest absolute Gasteiger partial charge is 0.505 e. The topological polar surface area (TPSA) is 68.2 Å². The third-order valence-electron chi connectivity index (χ3n) is 7.43. The van der Waals surface area contributed by atoms with Crippen molar-refractivity contribution in [2.75, 3.05) is 0 Å². The van der Waals surface area contributed by atoms with Gasteiger partial charge in [-0.15, -0.1) is 0 Å². The Bertz CT molecular complexity index is 1480. The molecule has 42 heavy (non-hydrogen) atoms. The van der Waals surface area contributed by atoms with E-state index >= 15 is 0 Å². The van der Waals surface area contributed by atoms with Crippen LogP contribution in [0.5, 0.6) is 28.7 Å². The molecule has 3 aliphatic heterocycles. The van der Waals surface area contributed by atoms with E-state index in [9.17, 15) is 31.4 Å². The second-order valence-electron chi connectivity index (χ2n) is 10.7. The van der Waals surface area contributed by atoms with Gasteiger partial charge in [0.15, 0.2) is 34.6 Å². The van der Waals surface area contributed by atoms with Crippen LogP contribution in [-0.4, -0.2) is 28.5 Å². The highest BCUT2D eigenvalue weighted by Crippen LogP contribution is 2.40. The zero-order valence-corrected chi connectivity index (χ0v) is 23.6. The van der Waals surface area contributed by atoms with Gasteiger partial charge in [0.2, 0.25) is 29.1 Å². The van der Waals surface area contributed by atoms with Crippen molar-refractivity contribution in [2.24, 2.45) is 0 Å². The van der Waals surface area contributed by atoms with Crippen LogP contribution in [0.4, 0.5) is 26.3 Å². The number of aromatic hydroxyl groups is 2. The maximum absolute atomic E-state index is 13.4. The number of aryl methyl sites for hydroxylation is 2. The van der Waals surface area contributed by atoms with E-state index in [4.69, 9.17) is 19.3 Å². The van der Waals surface area contributed by atoms with Gasteiger partial charge >= 0.3 is 0 Å². The molecule has 228 valence electrons. The van der Waals surface area contributed by atoms with Gasteiger partial charge in [0.05, 0.1) is 18.3 Å². The number of rotatable bonds is 0. The summed E-state index contributed by atoms with van der Waals surface area (Å²) in [6.07, 6.45) is 4.07. The predicted octanol–water partition coefficient (Wildman–Crippen LogP) is 7.75. The SMILES string of the molecule is CC1CCc2cc(O)c(F)c(F)c2O1.CC1CCc2ccc(F)c(F)c2O1.Cc1c(O)c(F)c(F)c2c1CCC(C)O2. The van der Waals surface area contributed by atoms with E-state index in [2.05, 4.69) is 0 Å². The number of fused-ring (bicyclic) bond motifs is 3. The van der Waals surface area contributed by atoms with Crippen LogP contribution in [0.3, 0.4) is 0 Å². The number of ether oxygens (including phenoxy) is 3. The average Bonchev–Trinajstić information content (AvgIpc) is 2.97. The molecule has 0 spiro atoms. The molecular weight excluding hydrogens is 566 g/mol. The fourth-order valence-corrected chi connectivity index (χ4v) is 4.94. The summed E-state index contributed by atoms with van der Waals surface area (Å²) in [5, 5.41) is 18.4. The lowest BCUT2D eigenvalue weighted by molar-refractivity contribution is 0.179. The van der Waals surface area contributed by atoms with E-state index in [0.717, 1.165) is 37.3 Å². The van der Waals surface area contributed by atoms with Crippen molar-refractivity contribution in [2.45, 2.75) is 84.5 Å². The van der Waals surface area contributed by atoms with Crippen LogP contribution >= 0.6 is 0 Å². The number of phenolic OH excluding ortho intramolecular Hbond substituents is 2. The van der Waals surface area contributed by atoms with Crippen molar-refractivity contribution < 1.29 is 50.8 Å². The van der Waals surface area contributed by atoms with Gasteiger partial charge in [-0.25, -0.2) is 4.39 Å². The van der Waals surface area contributed by atoms with Crippen molar-refractivity contribution >= 4 is 0 Å². The molecule has 3 heterocycles. The lowest BCUT2D eigenvalue weighted by Gasteiger charge is -2.25. The Labute approximate surface area is 239 Å². The molecule has 3 unspecified atom stereocenters.